The van der Waals surface area contributed by atoms with E-state index in [0.29, 0.717) is 6.54 Å². The van der Waals surface area contributed by atoms with Gasteiger partial charge >= 0.3 is 0 Å². The first kappa shape index (κ1) is 10.7. The molecule has 0 aliphatic rings. The number of phenolic OH excluding ortho intramolecular Hbond substituents is 1. The van der Waals surface area contributed by atoms with Crippen LogP contribution in [0.15, 0.2) is 42.7 Å². The molecule has 0 bridgehead atoms. The molecule has 1 aromatic carbocycles. The third kappa shape index (κ3) is 2.41. The van der Waals surface area contributed by atoms with Gasteiger partial charge in [-0.05, 0) is 23.8 Å². The molecule has 0 spiro atoms. The quantitative estimate of drug-likeness (QED) is 0.812. The molecule has 0 fully saturated rings. The van der Waals surface area contributed by atoms with Gasteiger partial charge in [0.15, 0.2) is 0 Å². The minimum Gasteiger partial charge on any atom is -0.508 e. The van der Waals surface area contributed by atoms with Gasteiger partial charge in [0.1, 0.15) is 5.75 Å². The maximum atomic E-state index is 9.42. The molecule has 84 valence electrons. The van der Waals surface area contributed by atoms with E-state index in [-0.39, 0.29) is 11.7 Å². The molecule has 0 aliphatic carbocycles. The average Bonchev–Trinajstić information content (AvgIpc) is 2.78. The Balaban J connectivity index is 2.16. The highest BCUT2D eigenvalue weighted by Gasteiger charge is 2.11. The van der Waals surface area contributed by atoms with Gasteiger partial charge in [-0.15, -0.1) is 0 Å². The number of rotatable bonds is 4. The standard InChI is InChI=1S/C12H15N3O/c13-8-11(9-15-6-2-5-14-15)10-3-1-4-12(16)7-10/h1-7,11,16H,8-9,13H2. The third-order valence-electron chi connectivity index (χ3n) is 2.59. The topological polar surface area (TPSA) is 64.1 Å². The van der Waals surface area contributed by atoms with Gasteiger partial charge in [-0.25, -0.2) is 0 Å². The average molecular weight is 217 g/mol. The van der Waals surface area contributed by atoms with Crippen molar-refractivity contribution in [1.29, 1.82) is 0 Å². The summed E-state index contributed by atoms with van der Waals surface area (Å²) < 4.78 is 1.85. The molecule has 1 aromatic heterocycles. The summed E-state index contributed by atoms with van der Waals surface area (Å²) in [5.74, 6) is 0.448. The lowest BCUT2D eigenvalue weighted by Crippen LogP contribution is -2.18. The molecule has 4 heteroatoms. The van der Waals surface area contributed by atoms with Crippen LogP contribution in [0, 0.1) is 0 Å². The van der Waals surface area contributed by atoms with Crippen molar-refractivity contribution in [2.45, 2.75) is 12.5 Å². The van der Waals surface area contributed by atoms with Crippen LogP contribution >= 0.6 is 0 Å². The summed E-state index contributed by atoms with van der Waals surface area (Å²) in [4.78, 5) is 0. The molecule has 16 heavy (non-hydrogen) atoms. The lowest BCUT2D eigenvalue weighted by molar-refractivity contribution is 0.470. The van der Waals surface area contributed by atoms with Crippen molar-refractivity contribution in [2.75, 3.05) is 6.54 Å². The fraction of sp³-hybridized carbons (Fsp3) is 0.250. The summed E-state index contributed by atoms with van der Waals surface area (Å²) in [6, 6.07) is 9.10. The first-order valence-electron chi connectivity index (χ1n) is 5.26. The fourth-order valence-electron chi connectivity index (χ4n) is 1.73. The van der Waals surface area contributed by atoms with E-state index in [9.17, 15) is 5.11 Å². The van der Waals surface area contributed by atoms with Crippen LogP contribution in [0.4, 0.5) is 0 Å². The fourth-order valence-corrected chi connectivity index (χ4v) is 1.73. The second-order valence-electron chi connectivity index (χ2n) is 3.76. The number of hydrogen-bond acceptors (Lipinski definition) is 3. The van der Waals surface area contributed by atoms with E-state index >= 15 is 0 Å². The van der Waals surface area contributed by atoms with Crippen LogP contribution in [0.1, 0.15) is 11.5 Å². The molecule has 0 aliphatic heterocycles. The lowest BCUT2D eigenvalue weighted by Gasteiger charge is -2.15. The Kier molecular flexibility index (Phi) is 3.22. The van der Waals surface area contributed by atoms with Crippen molar-refractivity contribution in [2.24, 2.45) is 5.73 Å². The van der Waals surface area contributed by atoms with E-state index in [1.54, 1.807) is 18.3 Å². The van der Waals surface area contributed by atoms with Gasteiger partial charge in [0.25, 0.3) is 0 Å². The number of aromatic hydroxyl groups is 1. The van der Waals surface area contributed by atoms with Crippen LogP contribution in [0.3, 0.4) is 0 Å². The van der Waals surface area contributed by atoms with Crippen LogP contribution in [0.2, 0.25) is 0 Å². The van der Waals surface area contributed by atoms with Crippen LogP contribution in [0.5, 0.6) is 5.75 Å². The van der Waals surface area contributed by atoms with Crippen molar-refractivity contribution >= 4 is 0 Å². The molecule has 2 aromatic rings. The largest absolute Gasteiger partial charge is 0.508 e. The van der Waals surface area contributed by atoms with Crippen molar-refractivity contribution in [3.63, 3.8) is 0 Å². The maximum Gasteiger partial charge on any atom is 0.115 e. The Morgan fingerprint density at radius 2 is 2.25 bits per heavy atom. The molecule has 1 heterocycles. The van der Waals surface area contributed by atoms with Gasteiger partial charge in [-0.1, -0.05) is 12.1 Å². The Hall–Kier alpha value is -1.81. The zero-order chi connectivity index (χ0) is 11.4. The van der Waals surface area contributed by atoms with Gasteiger partial charge in [0, 0.05) is 31.4 Å². The zero-order valence-corrected chi connectivity index (χ0v) is 8.95. The van der Waals surface area contributed by atoms with Crippen LogP contribution in [-0.2, 0) is 6.54 Å². The van der Waals surface area contributed by atoms with Crippen molar-refractivity contribution in [1.82, 2.24) is 9.78 Å². The van der Waals surface area contributed by atoms with Gasteiger partial charge < -0.3 is 10.8 Å². The molecule has 1 unspecified atom stereocenters. The van der Waals surface area contributed by atoms with Crippen LogP contribution < -0.4 is 5.73 Å². The van der Waals surface area contributed by atoms with Gasteiger partial charge in [-0.2, -0.15) is 5.10 Å². The SMILES string of the molecule is NCC(Cn1cccn1)c1cccc(O)c1. The third-order valence-corrected chi connectivity index (χ3v) is 2.59. The molecule has 0 radical (unpaired) electrons. The minimum absolute atomic E-state index is 0.173. The van der Waals surface area contributed by atoms with Gasteiger partial charge in [-0.3, -0.25) is 4.68 Å². The number of nitrogens with zero attached hydrogens (tertiary/aromatic N) is 2. The van der Waals surface area contributed by atoms with Crippen molar-refractivity contribution in [3.8, 4) is 5.75 Å². The summed E-state index contributed by atoms with van der Waals surface area (Å²) in [6.07, 6.45) is 3.65. The molecule has 0 amide bonds. The minimum atomic E-state index is 0.173. The first-order valence-corrected chi connectivity index (χ1v) is 5.26. The summed E-state index contributed by atoms with van der Waals surface area (Å²) in [7, 11) is 0. The molecular formula is C12H15N3O. The van der Waals surface area contributed by atoms with E-state index < -0.39 is 0 Å². The number of nitrogens with two attached hydrogens (primary N) is 1. The summed E-state index contributed by atoms with van der Waals surface area (Å²) >= 11 is 0. The van der Waals surface area contributed by atoms with E-state index in [4.69, 9.17) is 5.73 Å². The Bertz CT molecular complexity index is 439. The Morgan fingerprint density at radius 3 is 2.88 bits per heavy atom. The van der Waals surface area contributed by atoms with Crippen molar-refractivity contribution in [3.05, 3.63) is 48.3 Å². The number of hydrogen-bond donors (Lipinski definition) is 2. The van der Waals surface area contributed by atoms with Crippen LogP contribution in [0.25, 0.3) is 0 Å². The Labute approximate surface area is 94.3 Å². The monoisotopic (exact) mass is 217 g/mol. The highest BCUT2D eigenvalue weighted by molar-refractivity contribution is 5.29. The predicted octanol–water partition coefficient (Wildman–Crippen LogP) is 1.33. The second kappa shape index (κ2) is 4.81. The molecule has 1 atom stereocenters. The van der Waals surface area contributed by atoms with Crippen LogP contribution in [-0.4, -0.2) is 21.4 Å². The zero-order valence-electron chi connectivity index (χ0n) is 8.95. The number of benzene rings is 1. The summed E-state index contributed by atoms with van der Waals surface area (Å²) in [5, 5.41) is 13.6. The van der Waals surface area contributed by atoms with Crippen molar-refractivity contribution < 1.29 is 5.11 Å². The molecule has 0 saturated carbocycles. The smallest absolute Gasteiger partial charge is 0.115 e. The maximum absolute atomic E-state index is 9.42. The summed E-state index contributed by atoms with van der Waals surface area (Å²) in [5.41, 5.74) is 6.79. The molecule has 2 rings (SSSR count). The predicted molar refractivity (Wildman–Crippen MR) is 62.1 cm³/mol. The molecular weight excluding hydrogens is 202 g/mol. The normalized spacial score (nSPS) is 12.6. The molecule has 0 saturated heterocycles. The molecule has 3 N–H and O–H groups in total. The second-order valence-corrected chi connectivity index (χ2v) is 3.76. The first-order chi connectivity index (χ1) is 7.79. The van der Waals surface area contributed by atoms with Gasteiger partial charge in [0.05, 0.1) is 0 Å². The van der Waals surface area contributed by atoms with E-state index in [0.717, 1.165) is 12.1 Å². The lowest BCUT2D eigenvalue weighted by atomic mass is 9.99. The van der Waals surface area contributed by atoms with E-state index in [2.05, 4.69) is 5.10 Å². The van der Waals surface area contributed by atoms with E-state index in [1.807, 2.05) is 29.1 Å². The highest BCUT2D eigenvalue weighted by Crippen LogP contribution is 2.20. The van der Waals surface area contributed by atoms with E-state index in [1.165, 1.54) is 0 Å². The number of aromatic nitrogens is 2. The summed E-state index contributed by atoms with van der Waals surface area (Å²) in [6.45, 7) is 1.26. The number of phenols is 1. The highest BCUT2D eigenvalue weighted by atomic mass is 16.3. The Morgan fingerprint density at radius 1 is 1.38 bits per heavy atom. The van der Waals surface area contributed by atoms with Gasteiger partial charge in [0.2, 0.25) is 0 Å². The molecule has 4 nitrogen and oxygen atoms in total.